The van der Waals surface area contributed by atoms with E-state index < -0.39 is 8.07 Å². The minimum absolute atomic E-state index is 1.12. The molecule has 0 saturated heterocycles. The van der Waals surface area contributed by atoms with Crippen molar-refractivity contribution < 1.29 is 0 Å². The van der Waals surface area contributed by atoms with E-state index in [1.165, 1.54) is 11.8 Å². The maximum Gasteiger partial charge on any atom is 0.130 e. The smallest absolute Gasteiger partial charge is 0.120 e. The SMILES string of the molecule is C=CSC#C[Si](C)(C)C. The number of rotatable bonds is 1. The van der Waals surface area contributed by atoms with Crippen molar-refractivity contribution in [3.8, 4) is 10.8 Å². The molecule has 0 saturated carbocycles. The van der Waals surface area contributed by atoms with Crippen LogP contribution in [0.1, 0.15) is 0 Å². The fourth-order valence-corrected chi connectivity index (χ4v) is 1.77. The van der Waals surface area contributed by atoms with E-state index in [4.69, 9.17) is 0 Å². The first kappa shape index (κ1) is 8.87. The van der Waals surface area contributed by atoms with E-state index in [-0.39, 0.29) is 0 Å². The minimum atomic E-state index is -1.12. The molecule has 0 radical (unpaired) electrons. The standard InChI is InChI=1S/C7H12SSi/c1-5-8-6-7-9(2,3)4/h5H,1H2,2-4H3. The van der Waals surface area contributed by atoms with Crippen LogP contribution in [0.5, 0.6) is 0 Å². The summed E-state index contributed by atoms with van der Waals surface area (Å²) in [6, 6.07) is 0. The second-order valence-corrected chi connectivity index (χ2v) is 8.28. The van der Waals surface area contributed by atoms with Gasteiger partial charge in [-0.1, -0.05) is 26.2 Å². The molecule has 0 aliphatic rings. The van der Waals surface area contributed by atoms with Crippen LogP contribution < -0.4 is 0 Å². The minimum Gasteiger partial charge on any atom is -0.120 e. The van der Waals surface area contributed by atoms with Crippen LogP contribution >= 0.6 is 11.8 Å². The molecular weight excluding hydrogens is 144 g/mol. The van der Waals surface area contributed by atoms with Crippen LogP contribution in [0.25, 0.3) is 0 Å². The van der Waals surface area contributed by atoms with Gasteiger partial charge in [-0.2, -0.15) is 0 Å². The summed E-state index contributed by atoms with van der Waals surface area (Å²) in [5.41, 5.74) is 3.20. The summed E-state index contributed by atoms with van der Waals surface area (Å²) in [5.74, 6) is 0. The summed E-state index contributed by atoms with van der Waals surface area (Å²) in [6.07, 6.45) is 0. The zero-order valence-corrected chi connectivity index (χ0v) is 8.01. The third-order valence-electron chi connectivity index (χ3n) is 0.568. The van der Waals surface area contributed by atoms with Gasteiger partial charge < -0.3 is 0 Å². The first-order valence-corrected chi connectivity index (χ1v) is 7.23. The molecule has 0 amide bonds. The third-order valence-corrected chi connectivity index (χ3v) is 2.01. The van der Waals surface area contributed by atoms with Gasteiger partial charge in [0.05, 0.1) is 0 Å². The predicted molar refractivity (Wildman–Crippen MR) is 48.9 cm³/mol. The zero-order valence-electron chi connectivity index (χ0n) is 6.19. The molecule has 9 heavy (non-hydrogen) atoms. The first-order valence-electron chi connectivity index (χ1n) is 2.85. The molecule has 0 fully saturated rings. The van der Waals surface area contributed by atoms with E-state index >= 15 is 0 Å². The van der Waals surface area contributed by atoms with Gasteiger partial charge in [0.15, 0.2) is 0 Å². The molecule has 0 unspecified atom stereocenters. The fraction of sp³-hybridized carbons (Fsp3) is 0.429. The van der Waals surface area contributed by atoms with Gasteiger partial charge in [-0.15, -0.1) is 5.54 Å². The second kappa shape index (κ2) is 3.81. The zero-order chi connectivity index (χ0) is 7.33. The summed E-state index contributed by atoms with van der Waals surface area (Å²) < 4.78 is 0. The Morgan fingerprint density at radius 3 is 2.33 bits per heavy atom. The molecule has 0 aromatic heterocycles. The maximum atomic E-state index is 3.56. The molecule has 0 atom stereocenters. The summed E-state index contributed by atoms with van der Waals surface area (Å²) in [6.45, 7) is 10.2. The first-order chi connectivity index (χ1) is 4.06. The molecule has 2 heteroatoms. The molecule has 0 aromatic carbocycles. The molecule has 0 rings (SSSR count). The number of hydrogen-bond donors (Lipinski definition) is 0. The van der Waals surface area contributed by atoms with Crippen molar-refractivity contribution in [2.24, 2.45) is 0 Å². The van der Waals surface area contributed by atoms with Gasteiger partial charge in [0, 0.05) is 0 Å². The second-order valence-electron chi connectivity index (χ2n) is 2.76. The van der Waals surface area contributed by atoms with E-state index in [0.29, 0.717) is 0 Å². The van der Waals surface area contributed by atoms with Crippen molar-refractivity contribution in [2.45, 2.75) is 19.6 Å². The van der Waals surface area contributed by atoms with Crippen LogP contribution in [0.3, 0.4) is 0 Å². The molecule has 0 nitrogen and oxygen atoms in total. The van der Waals surface area contributed by atoms with Gasteiger partial charge in [-0.25, -0.2) is 0 Å². The lowest BCUT2D eigenvalue weighted by Gasteiger charge is -2.01. The highest BCUT2D eigenvalue weighted by atomic mass is 32.2. The van der Waals surface area contributed by atoms with Gasteiger partial charge in [0.25, 0.3) is 0 Å². The number of thioether (sulfide) groups is 1. The van der Waals surface area contributed by atoms with Crippen LogP contribution in [-0.2, 0) is 0 Å². The lowest BCUT2D eigenvalue weighted by Crippen LogP contribution is -2.15. The van der Waals surface area contributed by atoms with Gasteiger partial charge in [0.2, 0.25) is 0 Å². The van der Waals surface area contributed by atoms with Crippen molar-refractivity contribution in [2.75, 3.05) is 0 Å². The molecular formula is C7H12SSi. The predicted octanol–water partition coefficient (Wildman–Crippen LogP) is 2.70. The average molecular weight is 156 g/mol. The Kier molecular flexibility index (Phi) is 3.75. The van der Waals surface area contributed by atoms with Crippen LogP contribution in [0.15, 0.2) is 12.0 Å². The lowest BCUT2D eigenvalue weighted by atomic mass is 11.3. The molecule has 0 spiro atoms. The normalized spacial score (nSPS) is 9.67. The van der Waals surface area contributed by atoms with E-state index in [2.05, 4.69) is 37.0 Å². The Hall–Kier alpha value is -0.133. The van der Waals surface area contributed by atoms with E-state index in [1.807, 2.05) is 0 Å². The average Bonchev–Trinajstić information content (AvgIpc) is 1.63. The van der Waals surface area contributed by atoms with Gasteiger partial charge in [0.1, 0.15) is 8.07 Å². The van der Waals surface area contributed by atoms with Crippen molar-refractivity contribution in [1.82, 2.24) is 0 Å². The van der Waals surface area contributed by atoms with Crippen LogP contribution in [0, 0.1) is 10.8 Å². The Bertz CT molecular complexity index is 145. The van der Waals surface area contributed by atoms with Crippen molar-refractivity contribution in [3.63, 3.8) is 0 Å². The largest absolute Gasteiger partial charge is 0.130 e. The third kappa shape index (κ3) is 7.87. The highest BCUT2D eigenvalue weighted by Crippen LogP contribution is 2.00. The van der Waals surface area contributed by atoms with Crippen LogP contribution in [0.2, 0.25) is 19.6 Å². The maximum absolute atomic E-state index is 3.56. The van der Waals surface area contributed by atoms with Gasteiger partial charge >= 0.3 is 0 Å². The summed E-state index contributed by atoms with van der Waals surface area (Å²) in [5, 5.41) is 4.74. The molecule has 0 aliphatic heterocycles. The van der Waals surface area contributed by atoms with Crippen molar-refractivity contribution >= 4 is 19.8 Å². The Morgan fingerprint density at radius 1 is 1.44 bits per heavy atom. The summed E-state index contributed by atoms with van der Waals surface area (Å²) in [4.78, 5) is 0. The van der Waals surface area contributed by atoms with E-state index in [0.717, 1.165) is 0 Å². The lowest BCUT2D eigenvalue weighted by molar-refractivity contribution is 1.82. The Labute approximate surface area is 62.7 Å². The van der Waals surface area contributed by atoms with Crippen LogP contribution in [0.4, 0.5) is 0 Å². The highest BCUT2D eigenvalue weighted by Gasteiger charge is 2.06. The fourth-order valence-electron chi connectivity index (χ4n) is 0.224. The molecule has 0 aliphatic carbocycles. The molecule has 0 N–H and O–H groups in total. The summed E-state index contributed by atoms with van der Waals surface area (Å²) in [7, 11) is -1.12. The van der Waals surface area contributed by atoms with Crippen molar-refractivity contribution in [1.29, 1.82) is 0 Å². The van der Waals surface area contributed by atoms with Crippen molar-refractivity contribution in [3.05, 3.63) is 12.0 Å². The quantitative estimate of drug-likeness (QED) is 0.415. The molecule has 0 aromatic rings. The highest BCUT2D eigenvalue weighted by molar-refractivity contribution is 8.06. The van der Waals surface area contributed by atoms with Gasteiger partial charge in [-0.05, 0) is 22.4 Å². The van der Waals surface area contributed by atoms with E-state index in [1.54, 1.807) is 5.41 Å². The Morgan fingerprint density at radius 2 is 2.00 bits per heavy atom. The topological polar surface area (TPSA) is 0 Å². The Balaban J connectivity index is 3.72. The number of hydrogen-bond acceptors (Lipinski definition) is 1. The molecule has 50 valence electrons. The summed E-state index contributed by atoms with van der Waals surface area (Å²) >= 11 is 1.47. The van der Waals surface area contributed by atoms with Gasteiger partial charge in [-0.3, -0.25) is 0 Å². The van der Waals surface area contributed by atoms with Crippen LogP contribution in [-0.4, -0.2) is 8.07 Å². The molecule has 0 heterocycles. The van der Waals surface area contributed by atoms with E-state index in [9.17, 15) is 0 Å². The monoisotopic (exact) mass is 156 g/mol. The molecule has 0 bridgehead atoms.